The Labute approximate surface area is 148 Å². The van der Waals surface area contributed by atoms with Gasteiger partial charge in [0.15, 0.2) is 0 Å². The molecule has 0 bridgehead atoms. The lowest BCUT2D eigenvalue weighted by Crippen LogP contribution is -2.14. The first-order valence-corrected chi connectivity index (χ1v) is 7.88. The number of anilines is 3. The Kier molecular flexibility index (Phi) is 5.80. The van der Waals surface area contributed by atoms with Crippen LogP contribution in [-0.2, 0) is 4.79 Å². The minimum Gasteiger partial charge on any atom is -0.378 e. The van der Waals surface area contributed by atoms with Gasteiger partial charge in [0.2, 0.25) is 0 Å². The first-order chi connectivity index (χ1) is 11.9. The molecule has 0 heterocycles. The number of rotatable bonds is 5. The number of carbonyl (C=O) groups excluding carboxylic acids is 1. The van der Waals surface area contributed by atoms with Crippen molar-refractivity contribution in [2.75, 3.05) is 43.3 Å². The van der Waals surface area contributed by atoms with Crippen molar-refractivity contribution in [2.24, 2.45) is 0 Å². The van der Waals surface area contributed by atoms with Crippen LogP contribution >= 0.6 is 0 Å². The Morgan fingerprint density at radius 3 is 1.84 bits per heavy atom. The van der Waals surface area contributed by atoms with Gasteiger partial charge in [0.1, 0.15) is 11.6 Å². The second-order valence-electron chi connectivity index (χ2n) is 6.05. The van der Waals surface area contributed by atoms with Crippen LogP contribution in [-0.4, -0.2) is 34.1 Å². The zero-order valence-corrected chi connectivity index (χ0v) is 14.9. The monoisotopic (exact) mass is 334 g/mol. The quantitative estimate of drug-likeness (QED) is 0.673. The zero-order chi connectivity index (χ0) is 18.4. The van der Waals surface area contributed by atoms with Crippen LogP contribution in [0.25, 0.3) is 6.08 Å². The summed E-state index contributed by atoms with van der Waals surface area (Å²) in [5.74, 6) is -0.420. The summed E-state index contributed by atoms with van der Waals surface area (Å²) >= 11 is 0. The van der Waals surface area contributed by atoms with Gasteiger partial charge in [-0.1, -0.05) is 12.1 Å². The van der Waals surface area contributed by atoms with Crippen LogP contribution in [0.4, 0.5) is 17.1 Å². The summed E-state index contributed by atoms with van der Waals surface area (Å²) < 4.78 is 0. The van der Waals surface area contributed by atoms with E-state index in [9.17, 15) is 10.1 Å². The highest BCUT2D eigenvalue weighted by Crippen LogP contribution is 2.18. The largest absolute Gasteiger partial charge is 0.378 e. The number of amides is 1. The van der Waals surface area contributed by atoms with Gasteiger partial charge < -0.3 is 15.1 Å². The molecule has 0 saturated carbocycles. The fraction of sp³-hybridized carbons (Fsp3) is 0.200. The Morgan fingerprint density at radius 1 is 0.920 bits per heavy atom. The summed E-state index contributed by atoms with van der Waals surface area (Å²) in [6, 6.07) is 17.1. The van der Waals surface area contributed by atoms with E-state index in [0.717, 1.165) is 16.9 Å². The maximum atomic E-state index is 12.3. The van der Waals surface area contributed by atoms with Gasteiger partial charge in [0, 0.05) is 45.3 Å². The minimum atomic E-state index is -0.420. The van der Waals surface area contributed by atoms with Crippen molar-refractivity contribution in [1.29, 1.82) is 5.26 Å². The number of benzene rings is 2. The maximum absolute atomic E-state index is 12.3. The molecule has 1 N–H and O–H groups in total. The number of hydrogen-bond donors (Lipinski definition) is 1. The molecule has 5 heteroatoms. The molecule has 128 valence electrons. The fourth-order valence-electron chi connectivity index (χ4n) is 2.23. The van der Waals surface area contributed by atoms with Gasteiger partial charge in [-0.05, 0) is 48.0 Å². The molecule has 0 unspecified atom stereocenters. The number of hydrogen-bond acceptors (Lipinski definition) is 4. The molecule has 0 aliphatic carbocycles. The summed E-state index contributed by atoms with van der Waals surface area (Å²) in [5, 5.41) is 12.1. The molecular weight excluding hydrogens is 312 g/mol. The van der Waals surface area contributed by atoms with Crippen LogP contribution < -0.4 is 15.1 Å². The molecule has 0 aliphatic rings. The normalized spacial score (nSPS) is 10.8. The third kappa shape index (κ3) is 4.85. The van der Waals surface area contributed by atoms with Crippen LogP contribution in [0.3, 0.4) is 0 Å². The Morgan fingerprint density at radius 2 is 1.40 bits per heavy atom. The van der Waals surface area contributed by atoms with E-state index in [1.807, 2.05) is 92.6 Å². The van der Waals surface area contributed by atoms with E-state index in [0.29, 0.717) is 5.69 Å². The van der Waals surface area contributed by atoms with Crippen LogP contribution in [0.2, 0.25) is 0 Å². The van der Waals surface area contributed by atoms with Crippen LogP contribution in [0, 0.1) is 11.3 Å². The summed E-state index contributed by atoms with van der Waals surface area (Å²) in [6.07, 6.45) is 1.59. The Hall–Kier alpha value is -3.26. The molecule has 25 heavy (non-hydrogen) atoms. The predicted molar refractivity (Wildman–Crippen MR) is 104 cm³/mol. The van der Waals surface area contributed by atoms with Gasteiger partial charge in [-0.3, -0.25) is 4.79 Å². The van der Waals surface area contributed by atoms with E-state index in [2.05, 4.69) is 5.32 Å². The van der Waals surface area contributed by atoms with Gasteiger partial charge in [-0.2, -0.15) is 5.26 Å². The molecule has 0 aromatic heterocycles. The lowest BCUT2D eigenvalue weighted by molar-refractivity contribution is -0.112. The molecule has 1 amide bonds. The summed E-state index contributed by atoms with van der Waals surface area (Å²) in [6.45, 7) is 0. The predicted octanol–water partition coefficient (Wildman–Crippen LogP) is 3.36. The van der Waals surface area contributed by atoms with Crippen molar-refractivity contribution in [3.63, 3.8) is 0 Å². The molecule has 2 rings (SSSR count). The van der Waals surface area contributed by atoms with E-state index < -0.39 is 5.91 Å². The highest BCUT2D eigenvalue weighted by molar-refractivity contribution is 6.09. The SMILES string of the molecule is CN(C)c1ccc(/C=C(/C#N)C(=O)Nc2ccc(N(C)C)cc2)cc1. The Bertz CT molecular complexity index is 797. The van der Waals surface area contributed by atoms with Crippen molar-refractivity contribution in [2.45, 2.75) is 0 Å². The average Bonchev–Trinajstić information content (AvgIpc) is 2.60. The zero-order valence-electron chi connectivity index (χ0n) is 14.9. The second-order valence-corrected chi connectivity index (χ2v) is 6.05. The average molecular weight is 334 g/mol. The van der Waals surface area contributed by atoms with Crippen molar-refractivity contribution in [3.8, 4) is 6.07 Å². The molecule has 5 nitrogen and oxygen atoms in total. The summed E-state index contributed by atoms with van der Waals surface area (Å²) in [7, 11) is 7.82. The van der Waals surface area contributed by atoms with E-state index >= 15 is 0 Å². The number of nitriles is 1. The van der Waals surface area contributed by atoms with Crippen molar-refractivity contribution >= 4 is 29.0 Å². The molecular formula is C20H22N4O. The third-order valence-electron chi connectivity index (χ3n) is 3.73. The summed E-state index contributed by atoms with van der Waals surface area (Å²) in [4.78, 5) is 16.3. The van der Waals surface area contributed by atoms with E-state index in [1.165, 1.54) is 0 Å². The minimum absolute atomic E-state index is 0.0642. The lowest BCUT2D eigenvalue weighted by atomic mass is 10.1. The van der Waals surface area contributed by atoms with Gasteiger partial charge in [0.05, 0.1) is 0 Å². The molecule has 2 aromatic rings. The smallest absolute Gasteiger partial charge is 0.266 e. The molecule has 0 spiro atoms. The Balaban J connectivity index is 2.13. The number of nitrogens with zero attached hydrogens (tertiary/aromatic N) is 3. The van der Waals surface area contributed by atoms with E-state index in [4.69, 9.17) is 0 Å². The van der Waals surface area contributed by atoms with E-state index in [1.54, 1.807) is 6.08 Å². The molecule has 2 aromatic carbocycles. The molecule has 0 radical (unpaired) electrons. The fourth-order valence-corrected chi connectivity index (χ4v) is 2.23. The third-order valence-corrected chi connectivity index (χ3v) is 3.73. The van der Waals surface area contributed by atoms with Crippen molar-refractivity contribution in [1.82, 2.24) is 0 Å². The highest BCUT2D eigenvalue weighted by atomic mass is 16.1. The number of nitrogens with one attached hydrogen (secondary N) is 1. The lowest BCUT2D eigenvalue weighted by Gasteiger charge is -2.13. The van der Waals surface area contributed by atoms with Gasteiger partial charge >= 0.3 is 0 Å². The first-order valence-electron chi connectivity index (χ1n) is 7.88. The van der Waals surface area contributed by atoms with Crippen LogP contribution in [0.15, 0.2) is 54.1 Å². The molecule has 0 fully saturated rings. The van der Waals surface area contributed by atoms with Crippen molar-refractivity contribution in [3.05, 3.63) is 59.7 Å². The topological polar surface area (TPSA) is 59.4 Å². The van der Waals surface area contributed by atoms with Gasteiger partial charge in [-0.15, -0.1) is 0 Å². The standard InChI is InChI=1S/C20H22N4O/c1-23(2)18-9-5-15(6-10-18)13-16(14-21)20(25)22-17-7-11-19(12-8-17)24(3)4/h5-13H,1-4H3,(H,22,25)/b16-13-. The molecule has 0 aliphatic heterocycles. The van der Waals surface area contributed by atoms with Crippen molar-refractivity contribution < 1.29 is 4.79 Å². The van der Waals surface area contributed by atoms with Crippen LogP contribution in [0.5, 0.6) is 0 Å². The van der Waals surface area contributed by atoms with Crippen LogP contribution in [0.1, 0.15) is 5.56 Å². The van der Waals surface area contributed by atoms with Gasteiger partial charge in [0.25, 0.3) is 5.91 Å². The highest BCUT2D eigenvalue weighted by Gasteiger charge is 2.10. The molecule has 0 saturated heterocycles. The van der Waals surface area contributed by atoms with E-state index in [-0.39, 0.29) is 5.57 Å². The summed E-state index contributed by atoms with van der Waals surface area (Å²) in [5.41, 5.74) is 3.62. The molecule has 0 atom stereocenters. The second kappa shape index (κ2) is 8.02. The maximum Gasteiger partial charge on any atom is 0.266 e. The number of carbonyl (C=O) groups is 1. The van der Waals surface area contributed by atoms with Gasteiger partial charge in [-0.25, -0.2) is 0 Å². The first kappa shape index (κ1) is 18.1.